The third-order valence-corrected chi connectivity index (χ3v) is 4.58. The van der Waals surface area contributed by atoms with Crippen molar-refractivity contribution in [3.8, 4) is 0 Å². The average Bonchev–Trinajstić information content (AvgIpc) is 3.04. The molecule has 1 aromatic carbocycles. The summed E-state index contributed by atoms with van der Waals surface area (Å²) in [6.07, 6.45) is 0.688. The SMILES string of the molecule is O=C(O)c1csc(CCNc2nc3ccccc3s2)n1. The van der Waals surface area contributed by atoms with E-state index in [-0.39, 0.29) is 5.69 Å². The Kier molecular flexibility index (Phi) is 3.62. The van der Waals surface area contributed by atoms with Gasteiger partial charge in [-0.1, -0.05) is 23.5 Å². The van der Waals surface area contributed by atoms with Crippen molar-refractivity contribution >= 4 is 44.0 Å². The van der Waals surface area contributed by atoms with E-state index in [1.165, 1.54) is 11.3 Å². The van der Waals surface area contributed by atoms with E-state index in [1.54, 1.807) is 16.7 Å². The van der Waals surface area contributed by atoms with Crippen LogP contribution in [0.4, 0.5) is 5.13 Å². The summed E-state index contributed by atoms with van der Waals surface area (Å²) >= 11 is 2.98. The Balaban J connectivity index is 1.60. The number of carboxylic acids is 1. The molecular weight excluding hydrogens is 294 g/mol. The van der Waals surface area contributed by atoms with E-state index in [9.17, 15) is 4.79 Å². The monoisotopic (exact) mass is 305 g/mol. The third-order valence-electron chi connectivity index (χ3n) is 2.68. The molecule has 0 spiro atoms. The zero-order chi connectivity index (χ0) is 13.9. The van der Waals surface area contributed by atoms with Crippen LogP contribution in [0.1, 0.15) is 15.5 Å². The van der Waals surface area contributed by atoms with Crippen molar-refractivity contribution in [3.63, 3.8) is 0 Å². The molecule has 2 aromatic heterocycles. The second-order valence-corrected chi connectivity index (χ2v) is 6.07. The van der Waals surface area contributed by atoms with E-state index in [2.05, 4.69) is 15.3 Å². The molecule has 2 heterocycles. The third kappa shape index (κ3) is 2.78. The first-order valence-electron chi connectivity index (χ1n) is 5.99. The second-order valence-electron chi connectivity index (χ2n) is 4.10. The molecule has 0 aliphatic heterocycles. The first kappa shape index (κ1) is 13.0. The molecule has 0 radical (unpaired) electrons. The van der Waals surface area contributed by atoms with Crippen LogP contribution in [0, 0.1) is 0 Å². The van der Waals surface area contributed by atoms with Gasteiger partial charge >= 0.3 is 5.97 Å². The van der Waals surface area contributed by atoms with Gasteiger partial charge in [-0.15, -0.1) is 11.3 Å². The van der Waals surface area contributed by atoms with E-state index in [1.807, 2.05) is 24.3 Å². The van der Waals surface area contributed by atoms with Crippen molar-refractivity contribution in [2.75, 3.05) is 11.9 Å². The maximum absolute atomic E-state index is 10.7. The van der Waals surface area contributed by atoms with Gasteiger partial charge in [-0.3, -0.25) is 0 Å². The number of anilines is 1. The topological polar surface area (TPSA) is 75.1 Å². The smallest absolute Gasteiger partial charge is 0.355 e. The number of thiazole rings is 2. The molecule has 2 N–H and O–H groups in total. The van der Waals surface area contributed by atoms with E-state index in [0.29, 0.717) is 13.0 Å². The first-order chi connectivity index (χ1) is 9.72. The van der Waals surface area contributed by atoms with Gasteiger partial charge in [-0.25, -0.2) is 14.8 Å². The number of rotatable bonds is 5. The number of para-hydroxylation sites is 1. The number of benzene rings is 1. The van der Waals surface area contributed by atoms with Crippen molar-refractivity contribution in [1.82, 2.24) is 9.97 Å². The van der Waals surface area contributed by atoms with E-state index in [4.69, 9.17) is 5.11 Å². The fourth-order valence-corrected chi connectivity index (χ4v) is 3.41. The molecule has 20 heavy (non-hydrogen) atoms. The molecule has 3 aromatic rings. The number of fused-ring (bicyclic) bond motifs is 1. The summed E-state index contributed by atoms with van der Waals surface area (Å²) in [5.41, 5.74) is 1.10. The lowest BCUT2D eigenvalue weighted by Gasteiger charge is -1.99. The van der Waals surface area contributed by atoms with Gasteiger partial charge in [0.1, 0.15) is 0 Å². The number of nitrogens with zero attached hydrogens (tertiary/aromatic N) is 2. The summed E-state index contributed by atoms with van der Waals surface area (Å²) in [4.78, 5) is 19.2. The quantitative estimate of drug-likeness (QED) is 0.757. The molecule has 3 rings (SSSR count). The summed E-state index contributed by atoms with van der Waals surface area (Å²) in [5.74, 6) is -0.980. The number of hydrogen-bond acceptors (Lipinski definition) is 6. The number of aromatic carboxylic acids is 1. The summed E-state index contributed by atoms with van der Waals surface area (Å²) in [6.45, 7) is 0.687. The maximum atomic E-state index is 10.7. The lowest BCUT2D eigenvalue weighted by Crippen LogP contribution is -2.05. The minimum absolute atomic E-state index is 0.116. The zero-order valence-electron chi connectivity index (χ0n) is 10.4. The molecule has 0 unspecified atom stereocenters. The highest BCUT2D eigenvalue weighted by Gasteiger charge is 2.08. The van der Waals surface area contributed by atoms with Gasteiger partial charge in [-0.05, 0) is 12.1 Å². The number of carboxylic acid groups (broad SMARTS) is 1. The molecule has 0 aliphatic rings. The second kappa shape index (κ2) is 5.56. The van der Waals surface area contributed by atoms with Crippen LogP contribution >= 0.6 is 22.7 Å². The molecule has 0 atom stereocenters. The molecule has 5 nitrogen and oxygen atoms in total. The molecule has 0 aliphatic carbocycles. The average molecular weight is 305 g/mol. The van der Waals surface area contributed by atoms with Crippen LogP contribution in [0.3, 0.4) is 0 Å². The van der Waals surface area contributed by atoms with Gasteiger partial charge in [0.05, 0.1) is 15.2 Å². The van der Waals surface area contributed by atoms with Crippen molar-refractivity contribution in [2.45, 2.75) is 6.42 Å². The Labute approximate surface area is 122 Å². The fourth-order valence-electron chi connectivity index (χ4n) is 1.75. The number of hydrogen-bond donors (Lipinski definition) is 2. The maximum Gasteiger partial charge on any atom is 0.355 e. The number of nitrogens with one attached hydrogen (secondary N) is 1. The van der Waals surface area contributed by atoms with Gasteiger partial charge < -0.3 is 10.4 Å². The molecule has 0 fully saturated rings. The fraction of sp³-hybridized carbons (Fsp3) is 0.154. The lowest BCUT2D eigenvalue weighted by molar-refractivity contribution is 0.0691. The van der Waals surface area contributed by atoms with Crippen molar-refractivity contribution in [2.24, 2.45) is 0 Å². The Morgan fingerprint density at radius 3 is 2.90 bits per heavy atom. The minimum Gasteiger partial charge on any atom is -0.476 e. The Morgan fingerprint density at radius 1 is 1.30 bits per heavy atom. The lowest BCUT2D eigenvalue weighted by atomic mass is 10.3. The van der Waals surface area contributed by atoms with E-state index < -0.39 is 5.97 Å². The highest BCUT2D eigenvalue weighted by molar-refractivity contribution is 7.22. The van der Waals surface area contributed by atoms with Crippen LogP contribution in [-0.2, 0) is 6.42 Å². The van der Waals surface area contributed by atoms with Crippen LogP contribution in [-0.4, -0.2) is 27.6 Å². The van der Waals surface area contributed by atoms with Gasteiger partial charge in [0, 0.05) is 18.3 Å². The van der Waals surface area contributed by atoms with Gasteiger partial charge in [-0.2, -0.15) is 0 Å². The van der Waals surface area contributed by atoms with E-state index >= 15 is 0 Å². The molecule has 0 amide bonds. The standard InChI is InChI=1S/C13H11N3O2S2/c17-12(18)9-7-19-11(15-9)5-6-14-13-16-8-3-1-2-4-10(8)20-13/h1-4,7H,5-6H2,(H,14,16)(H,17,18). The Hall–Kier alpha value is -1.99. The van der Waals surface area contributed by atoms with Gasteiger partial charge in [0.15, 0.2) is 10.8 Å². The zero-order valence-corrected chi connectivity index (χ0v) is 12.0. The molecule has 0 saturated heterocycles. The number of aromatic nitrogens is 2. The summed E-state index contributed by atoms with van der Waals surface area (Å²) in [7, 11) is 0. The van der Waals surface area contributed by atoms with Gasteiger partial charge in [0.25, 0.3) is 0 Å². The van der Waals surface area contributed by atoms with Gasteiger partial charge in [0.2, 0.25) is 0 Å². The Morgan fingerprint density at radius 2 is 2.15 bits per heavy atom. The summed E-state index contributed by atoms with van der Waals surface area (Å²) in [6, 6.07) is 7.98. The normalized spacial score (nSPS) is 10.8. The summed E-state index contributed by atoms with van der Waals surface area (Å²) < 4.78 is 1.15. The highest BCUT2D eigenvalue weighted by atomic mass is 32.1. The molecular formula is C13H11N3O2S2. The number of carbonyl (C=O) groups is 1. The van der Waals surface area contributed by atoms with Crippen LogP contribution in [0.5, 0.6) is 0 Å². The first-order valence-corrected chi connectivity index (χ1v) is 7.69. The van der Waals surface area contributed by atoms with Crippen molar-refractivity contribution in [1.29, 1.82) is 0 Å². The minimum atomic E-state index is -0.980. The predicted octanol–water partition coefficient (Wildman–Crippen LogP) is 3.11. The van der Waals surface area contributed by atoms with Crippen LogP contribution in [0.15, 0.2) is 29.6 Å². The molecule has 0 bridgehead atoms. The summed E-state index contributed by atoms with van der Waals surface area (Å²) in [5, 5.41) is 15.3. The highest BCUT2D eigenvalue weighted by Crippen LogP contribution is 2.25. The molecule has 0 saturated carbocycles. The van der Waals surface area contributed by atoms with Crippen LogP contribution < -0.4 is 5.32 Å². The Bertz CT molecular complexity index is 718. The van der Waals surface area contributed by atoms with Crippen molar-refractivity contribution in [3.05, 3.63) is 40.3 Å². The predicted molar refractivity (Wildman–Crippen MR) is 80.9 cm³/mol. The molecule has 102 valence electrons. The van der Waals surface area contributed by atoms with Crippen molar-refractivity contribution < 1.29 is 9.90 Å². The molecule has 7 heteroatoms. The van der Waals surface area contributed by atoms with Crippen LogP contribution in [0.25, 0.3) is 10.2 Å². The van der Waals surface area contributed by atoms with Crippen LogP contribution in [0.2, 0.25) is 0 Å². The van der Waals surface area contributed by atoms with E-state index in [0.717, 1.165) is 20.4 Å². The largest absolute Gasteiger partial charge is 0.476 e.